The van der Waals surface area contributed by atoms with Crippen LogP contribution in [0.2, 0.25) is 0 Å². The molecule has 3 heterocycles. The molecular weight excluding hydrogens is 458 g/mol. The van der Waals surface area contributed by atoms with Crippen LogP contribution in [0.3, 0.4) is 0 Å². The van der Waals surface area contributed by atoms with E-state index in [1.165, 1.54) is 6.20 Å². The molecule has 1 aliphatic rings. The van der Waals surface area contributed by atoms with Crippen molar-refractivity contribution in [2.24, 2.45) is 0 Å². The highest BCUT2D eigenvalue weighted by Gasteiger charge is 2.29. The van der Waals surface area contributed by atoms with Gasteiger partial charge < -0.3 is 24.4 Å². The zero-order valence-corrected chi connectivity index (χ0v) is 19.0. The van der Waals surface area contributed by atoms with Gasteiger partial charge in [0.25, 0.3) is 0 Å². The highest BCUT2D eigenvalue weighted by atomic mass is 79.9. The highest BCUT2D eigenvalue weighted by Crippen LogP contribution is 2.35. The van der Waals surface area contributed by atoms with Gasteiger partial charge in [-0.2, -0.15) is 5.10 Å². The molecule has 30 heavy (non-hydrogen) atoms. The number of alkyl carbamates (subject to hydrolysis) is 1. The summed E-state index contributed by atoms with van der Waals surface area (Å²) in [6.07, 6.45) is 0.696. The molecule has 0 aromatic carbocycles. The Morgan fingerprint density at radius 1 is 1.43 bits per heavy atom. The number of fused-ring (bicyclic) bond motifs is 1. The lowest BCUT2D eigenvalue weighted by molar-refractivity contribution is 0.0282. The maximum atomic E-state index is 12.6. The molecule has 1 amide bonds. The van der Waals surface area contributed by atoms with Gasteiger partial charge in [-0.3, -0.25) is 5.10 Å². The Balaban J connectivity index is 1.82. The molecule has 11 heteroatoms. The van der Waals surface area contributed by atoms with Crippen molar-refractivity contribution in [1.82, 2.24) is 20.5 Å². The quantitative estimate of drug-likeness (QED) is 0.622. The summed E-state index contributed by atoms with van der Waals surface area (Å²) in [5, 5.41) is 10.4. The summed E-state index contributed by atoms with van der Waals surface area (Å²) in [5.41, 5.74) is 0.936. The number of halogens is 1. The number of H-pyrrole nitrogens is 1. The second-order valence-corrected chi connectivity index (χ2v) is 8.59. The number of morpholine rings is 1. The topological polar surface area (TPSA) is 119 Å². The minimum absolute atomic E-state index is 0.258. The largest absolute Gasteiger partial charge is 0.462 e. The van der Waals surface area contributed by atoms with E-state index in [-0.39, 0.29) is 19.3 Å². The smallest absolute Gasteiger partial charge is 0.407 e. The van der Waals surface area contributed by atoms with Crippen LogP contribution in [0, 0.1) is 0 Å². The zero-order chi connectivity index (χ0) is 21.9. The van der Waals surface area contributed by atoms with E-state index >= 15 is 0 Å². The number of pyridine rings is 1. The summed E-state index contributed by atoms with van der Waals surface area (Å²) < 4.78 is 16.9. The molecule has 0 bridgehead atoms. The number of anilines is 1. The molecule has 1 aliphatic heterocycles. The number of carbonyl (C=O) groups excluding carboxylic acids is 2. The van der Waals surface area contributed by atoms with Crippen LogP contribution in [0.1, 0.15) is 38.1 Å². The fourth-order valence-corrected chi connectivity index (χ4v) is 3.63. The first-order valence-corrected chi connectivity index (χ1v) is 10.5. The number of nitrogens with zero attached hydrogens (tertiary/aromatic N) is 3. The number of esters is 1. The number of hydrogen-bond acceptors (Lipinski definition) is 8. The third-order valence-corrected chi connectivity index (χ3v) is 4.91. The number of rotatable bonds is 5. The number of amides is 1. The Morgan fingerprint density at radius 3 is 2.90 bits per heavy atom. The third-order valence-electron chi connectivity index (χ3n) is 4.33. The predicted octanol–water partition coefficient (Wildman–Crippen LogP) is 2.63. The van der Waals surface area contributed by atoms with Crippen LogP contribution in [0.5, 0.6) is 0 Å². The minimum atomic E-state index is -0.575. The van der Waals surface area contributed by atoms with Gasteiger partial charge in [-0.05, 0) is 43.6 Å². The second-order valence-electron chi connectivity index (χ2n) is 7.80. The highest BCUT2D eigenvalue weighted by molar-refractivity contribution is 9.10. The number of hydrogen-bond donors (Lipinski definition) is 2. The average molecular weight is 484 g/mol. The number of ether oxygens (including phenoxy) is 3. The molecule has 1 saturated heterocycles. The van der Waals surface area contributed by atoms with Crippen LogP contribution in [0.25, 0.3) is 11.0 Å². The Kier molecular flexibility index (Phi) is 6.81. The summed E-state index contributed by atoms with van der Waals surface area (Å²) in [7, 11) is 0. The first-order chi connectivity index (χ1) is 14.2. The monoisotopic (exact) mass is 483 g/mol. The molecule has 3 rings (SSSR count). The normalized spacial score (nSPS) is 17.1. The molecule has 164 valence electrons. The summed E-state index contributed by atoms with van der Waals surface area (Å²) in [6, 6.07) is 0. The molecule has 0 saturated carbocycles. The van der Waals surface area contributed by atoms with Crippen molar-refractivity contribution >= 4 is 44.7 Å². The fraction of sp³-hybridized carbons (Fsp3) is 0.579. The molecule has 1 unspecified atom stereocenters. The number of aromatic nitrogens is 3. The number of nitrogens with one attached hydrogen (secondary N) is 2. The molecular formula is C19H26BrN5O5. The molecule has 2 aromatic heterocycles. The molecule has 0 radical (unpaired) electrons. The summed E-state index contributed by atoms with van der Waals surface area (Å²) in [5.74, 6) is -0.454. The van der Waals surface area contributed by atoms with Crippen molar-refractivity contribution in [3.8, 4) is 0 Å². The molecule has 1 atom stereocenters. The third kappa shape index (κ3) is 5.20. The SMILES string of the molecule is CCOC(=O)c1cnc2n[nH]c(Br)c2c1N1CCOC(CNC(=O)OC(C)(C)C)C1. The molecule has 1 fully saturated rings. The van der Waals surface area contributed by atoms with Gasteiger partial charge in [0.05, 0.1) is 30.4 Å². The van der Waals surface area contributed by atoms with E-state index in [1.807, 2.05) is 4.90 Å². The van der Waals surface area contributed by atoms with Gasteiger partial charge in [-0.15, -0.1) is 0 Å². The molecule has 0 aliphatic carbocycles. The molecule has 2 N–H and O–H groups in total. The van der Waals surface area contributed by atoms with E-state index in [1.54, 1.807) is 27.7 Å². The van der Waals surface area contributed by atoms with Crippen molar-refractivity contribution in [3.63, 3.8) is 0 Å². The first-order valence-electron chi connectivity index (χ1n) is 9.72. The van der Waals surface area contributed by atoms with E-state index in [2.05, 4.69) is 36.4 Å². The van der Waals surface area contributed by atoms with Crippen LogP contribution in [0.4, 0.5) is 10.5 Å². The number of carbonyl (C=O) groups is 2. The number of aromatic amines is 1. The Hall–Kier alpha value is -2.40. The van der Waals surface area contributed by atoms with Gasteiger partial charge in [0.15, 0.2) is 5.65 Å². The summed E-state index contributed by atoms with van der Waals surface area (Å²) in [6.45, 7) is 9.16. The van der Waals surface area contributed by atoms with E-state index in [0.717, 1.165) is 0 Å². The van der Waals surface area contributed by atoms with Crippen molar-refractivity contribution in [2.75, 3.05) is 37.7 Å². The van der Waals surface area contributed by atoms with Crippen molar-refractivity contribution < 1.29 is 23.8 Å². The van der Waals surface area contributed by atoms with Gasteiger partial charge in [-0.25, -0.2) is 14.6 Å². The van der Waals surface area contributed by atoms with Crippen LogP contribution in [-0.2, 0) is 14.2 Å². The van der Waals surface area contributed by atoms with E-state index in [0.29, 0.717) is 46.6 Å². The Morgan fingerprint density at radius 2 is 2.20 bits per heavy atom. The molecule has 2 aromatic rings. The average Bonchev–Trinajstić information content (AvgIpc) is 3.06. The first kappa shape index (κ1) is 22.3. The van der Waals surface area contributed by atoms with E-state index in [9.17, 15) is 9.59 Å². The van der Waals surface area contributed by atoms with Crippen LogP contribution >= 0.6 is 15.9 Å². The minimum Gasteiger partial charge on any atom is -0.462 e. The molecule has 0 spiro atoms. The summed E-state index contributed by atoms with van der Waals surface area (Å²) in [4.78, 5) is 30.8. The predicted molar refractivity (Wildman–Crippen MR) is 114 cm³/mol. The van der Waals surface area contributed by atoms with E-state index < -0.39 is 17.7 Å². The Bertz CT molecular complexity index is 926. The lowest BCUT2D eigenvalue weighted by Gasteiger charge is -2.35. The summed E-state index contributed by atoms with van der Waals surface area (Å²) >= 11 is 3.46. The maximum Gasteiger partial charge on any atom is 0.407 e. The van der Waals surface area contributed by atoms with Gasteiger partial charge in [0.2, 0.25) is 0 Å². The van der Waals surface area contributed by atoms with Crippen molar-refractivity contribution in [1.29, 1.82) is 0 Å². The van der Waals surface area contributed by atoms with Crippen molar-refractivity contribution in [2.45, 2.75) is 39.4 Å². The van der Waals surface area contributed by atoms with Crippen LogP contribution < -0.4 is 10.2 Å². The van der Waals surface area contributed by atoms with Gasteiger partial charge in [0, 0.05) is 25.8 Å². The van der Waals surface area contributed by atoms with Gasteiger partial charge >= 0.3 is 12.1 Å². The fourth-order valence-electron chi connectivity index (χ4n) is 3.18. The van der Waals surface area contributed by atoms with Gasteiger partial charge in [-0.1, -0.05) is 0 Å². The van der Waals surface area contributed by atoms with Crippen LogP contribution in [-0.4, -0.2) is 71.8 Å². The van der Waals surface area contributed by atoms with Crippen LogP contribution in [0.15, 0.2) is 10.8 Å². The standard InChI is InChI=1S/C19H26BrN5O5/c1-5-28-17(26)12-9-21-16-13(15(20)23-24-16)14(12)25-6-7-29-11(10-25)8-22-18(27)30-19(2,3)4/h9,11H,5-8,10H2,1-4H3,(H,22,27)(H,21,23,24). The van der Waals surface area contributed by atoms with Crippen molar-refractivity contribution in [3.05, 3.63) is 16.4 Å². The second kappa shape index (κ2) is 9.17. The Labute approximate surface area is 182 Å². The zero-order valence-electron chi connectivity index (χ0n) is 17.5. The lowest BCUT2D eigenvalue weighted by Crippen LogP contribution is -2.48. The lowest BCUT2D eigenvalue weighted by atomic mass is 10.1. The van der Waals surface area contributed by atoms with Gasteiger partial charge in [0.1, 0.15) is 15.8 Å². The maximum absolute atomic E-state index is 12.6. The van der Waals surface area contributed by atoms with E-state index in [4.69, 9.17) is 14.2 Å². The molecule has 10 nitrogen and oxygen atoms in total.